The van der Waals surface area contributed by atoms with Crippen LogP contribution in [0.15, 0.2) is 66.7 Å². The first-order valence-corrected chi connectivity index (χ1v) is 10.6. The Morgan fingerprint density at radius 3 is 2.47 bits per heavy atom. The first kappa shape index (κ1) is 20.3. The van der Waals surface area contributed by atoms with Crippen LogP contribution < -0.4 is 11.1 Å². The van der Waals surface area contributed by atoms with Gasteiger partial charge < -0.3 is 11.1 Å². The highest BCUT2D eigenvalue weighted by atomic mass is 35.5. The molecule has 0 aliphatic carbocycles. The molecule has 5 rings (SSSR count). The zero-order valence-electron chi connectivity index (χ0n) is 16.9. The second-order valence-corrected chi connectivity index (χ2v) is 8.22. The number of carbonyl (C=O) groups is 1. The van der Waals surface area contributed by atoms with E-state index in [1.807, 2.05) is 66.1 Å². The Bertz CT molecular complexity index is 1510. The van der Waals surface area contributed by atoms with E-state index in [2.05, 4.69) is 15.3 Å². The highest BCUT2D eigenvalue weighted by Gasteiger charge is 2.20. The number of anilines is 2. The molecule has 32 heavy (non-hydrogen) atoms. The summed E-state index contributed by atoms with van der Waals surface area (Å²) in [4.78, 5) is 21.8. The Morgan fingerprint density at radius 2 is 1.72 bits per heavy atom. The zero-order chi connectivity index (χ0) is 22.4. The molecule has 2 heterocycles. The Hall–Kier alpha value is -3.61. The molecule has 3 aromatic carbocycles. The van der Waals surface area contributed by atoms with Crippen molar-refractivity contribution in [1.29, 1.82) is 0 Å². The summed E-state index contributed by atoms with van der Waals surface area (Å²) in [6.45, 7) is 1.98. The number of benzene rings is 3. The SMILES string of the molecule is Cc1ccc(NC(=O)c2nc(N)c3c4ccccc4n(-c4ccc(Cl)c(Cl)c4)c3n2)cc1. The van der Waals surface area contributed by atoms with Crippen molar-refractivity contribution >= 4 is 62.6 Å². The lowest BCUT2D eigenvalue weighted by molar-refractivity contribution is 0.101. The van der Waals surface area contributed by atoms with Crippen LogP contribution in [0.5, 0.6) is 0 Å². The number of carbonyl (C=O) groups excluding carboxylic acids is 1. The predicted molar refractivity (Wildman–Crippen MR) is 130 cm³/mol. The number of rotatable bonds is 3. The summed E-state index contributed by atoms with van der Waals surface area (Å²) in [5.41, 5.74) is 10.2. The first-order valence-electron chi connectivity index (χ1n) is 9.82. The monoisotopic (exact) mass is 461 g/mol. The van der Waals surface area contributed by atoms with Crippen LogP contribution in [0.25, 0.3) is 27.6 Å². The van der Waals surface area contributed by atoms with Crippen molar-refractivity contribution in [2.45, 2.75) is 6.92 Å². The van der Waals surface area contributed by atoms with Gasteiger partial charge in [0.25, 0.3) is 5.91 Å². The maximum atomic E-state index is 12.9. The largest absolute Gasteiger partial charge is 0.383 e. The Morgan fingerprint density at radius 1 is 0.969 bits per heavy atom. The quantitative estimate of drug-likeness (QED) is 0.343. The third-order valence-electron chi connectivity index (χ3n) is 5.22. The van der Waals surface area contributed by atoms with Gasteiger partial charge in [-0.05, 0) is 43.3 Å². The number of nitrogens with one attached hydrogen (secondary N) is 1. The van der Waals surface area contributed by atoms with Crippen molar-refractivity contribution in [2.24, 2.45) is 0 Å². The van der Waals surface area contributed by atoms with Gasteiger partial charge in [-0.1, -0.05) is 59.1 Å². The standard InChI is InChI=1S/C24H17Cl2N5O/c1-13-6-8-14(9-7-13)28-24(32)22-29-21(27)20-16-4-2-3-5-19(16)31(23(20)30-22)15-10-11-17(25)18(26)12-15/h2-12H,1H3,(H,28,32)(H2,27,29,30). The molecule has 3 N–H and O–H groups in total. The average Bonchev–Trinajstić information content (AvgIpc) is 3.12. The van der Waals surface area contributed by atoms with Crippen LogP contribution in [-0.2, 0) is 0 Å². The van der Waals surface area contributed by atoms with Gasteiger partial charge in [0, 0.05) is 16.8 Å². The number of nitrogens with zero attached hydrogens (tertiary/aromatic N) is 3. The molecular formula is C24H17Cl2N5O. The highest BCUT2D eigenvalue weighted by molar-refractivity contribution is 6.42. The molecule has 0 aliphatic heterocycles. The molecule has 6 nitrogen and oxygen atoms in total. The van der Waals surface area contributed by atoms with Crippen LogP contribution in [0.3, 0.4) is 0 Å². The molecule has 8 heteroatoms. The molecule has 0 spiro atoms. The summed E-state index contributed by atoms with van der Waals surface area (Å²) in [7, 11) is 0. The molecule has 0 saturated heterocycles. The lowest BCUT2D eigenvalue weighted by Crippen LogP contribution is -2.17. The molecule has 2 aromatic heterocycles. The van der Waals surface area contributed by atoms with Gasteiger partial charge in [0.1, 0.15) is 5.82 Å². The minimum absolute atomic E-state index is 0.0281. The fourth-order valence-electron chi connectivity index (χ4n) is 3.69. The van der Waals surface area contributed by atoms with Gasteiger partial charge in [-0.3, -0.25) is 9.36 Å². The molecule has 0 saturated carbocycles. The number of aromatic nitrogens is 3. The van der Waals surface area contributed by atoms with Crippen molar-refractivity contribution in [3.8, 4) is 5.69 Å². The molecule has 0 fully saturated rings. The lowest BCUT2D eigenvalue weighted by atomic mass is 10.2. The van der Waals surface area contributed by atoms with Crippen LogP contribution >= 0.6 is 23.2 Å². The van der Waals surface area contributed by atoms with E-state index in [9.17, 15) is 4.79 Å². The van der Waals surface area contributed by atoms with Gasteiger partial charge in [-0.15, -0.1) is 0 Å². The van der Waals surface area contributed by atoms with E-state index in [0.29, 0.717) is 26.8 Å². The normalized spacial score (nSPS) is 11.2. The van der Waals surface area contributed by atoms with Crippen molar-refractivity contribution in [3.63, 3.8) is 0 Å². The number of hydrogen-bond donors (Lipinski definition) is 2. The van der Waals surface area contributed by atoms with E-state index in [4.69, 9.17) is 28.9 Å². The number of aryl methyl sites for hydroxylation is 1. The topological polar surface area (TPSA) is 85.8 Å². The number of fused-ring (bicyclic) bond motifs is 3. The van der Waals surface area contributed by atoms with Crippen LogP contribution in [0, 0.1) is 6.92 Å². The van der Waals surface area contributed by atoms with E-state index >= 15 is 0 Å². The van der Waals surface area contributed by atoms with Crippen LogP contribution in [-0.4, -0.2) is 20.4 Å². The van der Waals surface area contributed by atoms with Crippen LogP contribution in [0.4, 0.5) is 11.5 Å². The van der Waals surface area contributed by atoms with Gasteiger partial charge >= 0.3 is 0 Å². The van der Waals surface area contributed by atoms with Crippen molar-refractivity contribution < 1.29 is 4.79 Å². The summed E-state index contributed by atoms with van der Waals surface area (Å²) in [6.07, 6.45) is 0. The third-order valence-corrected chi connectivity index (χ3v) is 5.96. The number of amides is 1. The van der Waals surface area contributed by atoms with Crippen molar-refractivity contribution in [3.05, 3.63) is 88.2 Å². The first-order chi connectivity index (χ1) is 15.4. The highest BCUT2D eigenvalue weighted by Crippen LogP contribution is 2.35. The Kier molecular flexibility index (Phi) is 4.96. The number of nitrogens with two attached hydrogens (primary N) is 1. The van der Waals surface area contributed by atoms with Crippen molar-refractivity contribution in [1.82, 2.24) is 14.5 Å². The molecule has 0 radical (unpaired) electrons. The molecule has 0 aliphatic rings. The number of halogens is 2. The fourth-order valence-corrected chi connectivity index (χ4v) is 3.98. The molecule has 158 valence electrons. The number of nitrogen functional groups attached to an aromatic ring is 1. The summed E-state index contributed by atoms with van der Waals surface area (Å²) in [5.74, 6) is -0.257. The van der Waals surface area contributed by atoms with Gasteiger partial charge in [-0.25, -0.2) is 9.97 Å². The Labute approximate surface area is 193 Å². The summed E-state index contributed by atoms with van der Waals surface area (Å²) < 4.78 is 1.90. The lowest BCUT2D eigenvalue weighted by Gasteiger charge is -2.10. The maximum absolute atomic E-state index is 12.9. The van der Waals surface area contributed by atoms with Crippen LogP contribution in [0.2, 0.25) is 10.0 Å². The van der Waals surface area contributed by atoms with E-state index in [0.717, 1.165) is 22.2 Å². The molecule has 0 unspecified atom stereocenters. The summed E-state index contributed by atoms with van der Waals surface area (Å²) in [5, 5.41) is 5.22. The molecule has 0 bridgehead atoms. The van der Waals surface area contributed by atoms with Gasteiger partial charge in [0.15, 0.2) is 5.65 Å². The number of para-hydroxylation sites is 1. The van der Waals surface area contributed by atoms with E-state index < -0.39 is 5.91 Å². The van der Waals surface area contributed by atoms with Gasteiger partial charge in [0.2, 0.25) is 5.82 Å². The smallest absolute Gasteiger partial charge is 0.293 e. The second-order valence-electron chi connectivity index (χ2n) is 7.40. The maximum Gasteiger partial charge on any atom is 0.293 e. The Balaban J connectivity index is 1.71. The minimum atomic E-state index is -0.451. The third kappa shape index (κ3) is 3.43. The fraction of sp³-hybridized carbons (Fsp3) is 0.0417. The van der Waals surface area contributed by atoms with Crippen molar-refractivity contribution in [2.75, 3.05) is 11.1 Å². The molecule has 1 amide bonds. The van der Waals surface area contributed by atoms with E-state index in [-0.39, 0.29) is 11.6 Å². The summed E-state index contributed by atoms with van der Waals surface area (Å²) >= 11 is 12.4. The average molecular weight is 462 g/mol. The van der Waals surface area contributed by atoms with Gasteiger partial charge in [-0.2, -0.15) is 0 Å². The van der Waals surface area contributed by atoms with Gasteiger partial charge in [0.05, 0.1) is 20.9 Å². The molecule has 5 aromatic rings. The number of hydrogen-bond acceptors (Lipinski definition) is 4. The summed E-state index contributed by atoms with van der Waals surface area (Å²) in [6, 6.07) is 20.5. The zero-order valence-corrected chi connectivity index (χ0v) is 18.4. The van der Waals surface area contributed by atoms with Crippen LogP contribution in [0.1, 0.15) is 16.2 Å². The van der Waals surface area contributed by atoms with E-state index in [1.54, 1.807) is 12.1 Å². The predicted octanol–water partition coefficient (Wildman–Crippen LogP) is 6.02. The second kappa shape index (κ2) is 7.82. The van der Waals surface area contributed by atoms with E-state index in [1.165, 1.54) is 0 Å². The molecule has 0 atom stereocenters. The molecular weight excluding hydrogens is 445 g/mol. The minimum Gasteiger partial charge on any atom is -0.383 e.